The highest BCUT2D eigenvalue weighted by atomic mass is 35.5. The lowest BCUT2D eigenvalue weighted by molar-refractivity contribution is -0.154. The van der Waals surface area contributed by atoms with E-state index in [2.05, 4.69) is 5.32 Å². The number of carbonyl (C=O) groups is 2. The number of nitrogens with zero attached hydrogens (tertiary/aromatic N) is 1. The van der Waals surface area contributed by atoms with E-state index in [1.54, 1.807) is 12.1 Å². The minimum absolute atomic E-state index is 0.0145. The van der Waals surface area contributed by atoms with E-state index in [9.17, 15) is 9.59 Å². The van der Waals surface area contributed by atoms with Crippen molar-refractivity contribution in [1.82, 2.24) is 4.90 Å². The monoisotopic (exact) mass is 318 g/mol. The lowest BCUT2D eigenvalue weighted by atomic mass is 10.3. The van der Waals surface area contributed by atoms with Crippen LogP contribution in [-0.2, 0) is 9.53 Å². The Bertz CT molecular complexity index is 538. The Balaban J connectivity index is 2.04. The number of carboxylic acids is 1. The summed E-state index contributed by atoms with van der Waals surface area (Å²) in [6.07, 6.45) is -1.01. The second kappa shape index (κ2) is 6.30. The fraction of sp³-hybridized carbons (Fsp3) is 0.333. The summed E-state index contributed by atoms with van der Waals surface area (Å²) in [6.45, 7) is 0.473. The van der Waals surface area contributed by atoms with Crippen LogP contribution < -0.4 is 5.32 Å². The second-order valence-electron chi connectivity index (χ2n) is 4.20. The number of carbonyl (C=O) groups excluding carboxylic acids is 1. The number of urea groups is 1. The van der Waals surface area contributed by atoms with E-state index in [-0.39, 0.29) is 13.2 Å². The minimum atomic E-state index is -1.09. The van der Waals surface area contributed by atoms with Gasteiger partial charge in [-0.1, -0.05) is 23.2 Å². The Labute approximate surface area is 125 Å². The third-order valence-electron chi connectivity index (χ3n) is 2.80. The highest BCUT2D eigenvalue weighted by Gasteiger charge is 2.29. The molecule has 2 amide bonds. The van der Waals surface area contributed by atoms with E-state index in [0.717, 1.165) is 0 Å². The highest BCUT2D eigenvalue weighted by Crippen LogP contribution is 2.25. The van der Waals surface area contributed by atoms with Crippen LogP contribution in [-0.4, -0.2) is 47.8 Å². The zero-order chi connectivity index (χ0) is 14.7. The number of anilines is 1. The van der Waals surface area contributed by atoms with Crippen LogP contribution in [0.25, 0.3) is 0 Å². The maximum absolute atomic E-state index is 12.1. The molecule has 0 aromatic heterocycles. The Morgan fingerprint density at radius 1 is 1.40 bits per heavy atom. The summed E-state index contributed by atoms with van der Waals surface area (Å²) in [7, 11) is 0. The molecule has 1 aliphatic heterocycles. The van der Waals surface area contributed by atoms with E-state index in [1.165, 1.54) is 11.0 Å². The van der Waals surface area contributed by atoms with E-state index in [0.29, 0.717) is 22.3 Å². The average Bonchev–Trinajstić information content (AvgIpc) is 2.43. The van der Waals surface area contributed by atoms with Crippen LogP contribution in [0.5, 0.6) is 0 Å². The maximum atomic E-state index is 12.1. The van der Waals surface area contributed by atoms with Gasteiger partial charge in [0.25, 0.3) is 0 Å². The fourth-order valence-electron chi connectivity index (χ4n) is 1.77. The first-order valence-corrected chi connectivity index (χ1v) is 6.58. The zero-order valence-electron chi connectivity index (χ0n) is 10.3. The summed E-state index contributed by atoms with van der Waals surface area (Å²) < 4.78 is 5.04. The van der Waals surface area contributed by atoms with Crippen molar-refractivity contribution in [2.45, 2.75) is 6.10 Å². The summed E-state index contributed by atoms with van der Waals surface area (Å²) in [4.78, 5) is 24.3. The van der Waals surface area contributed by atoms with Crippen molar-refractivity contribution >= 4 is 40.9 Å². The largest absolute Gasteiger partial charge is 0.479 e. The van der Waals surface area contributed by atoms with E-state index in [1.807, 2.05) is 0 Å². The first-order chi connectivity index (χ1) is 9.47. The number of aliphatic carboxylic acids is 1. The number of carboxylic acid groups (broad SMARTS) is 1. The molecule has 2 rings (SSSR count). The first kappa shape index (κ1) is 14.9. The molecule has 1 atom stereocenters. The van der Waals surface area contributed by atoms with Gasteiger partial charge in [0.2, 0.25) is 0 Å². The van der Waals surface area contributed by atoms with Gasteiger partial charge in [-0.25, -0.2) is 9.59 Å². The molecule has 8 heteroatoms. The highest BCUT2D eigenvalue weighted by molar-refractivity contribution is 6.35. The van der Waals surface area contributed by atoms with Gasteiger partial charge in [0.1, 0.15) is 0 Å². The molecule has 1 fully saturated rings. The summed E-state index contributed by atoms with van der Waals surface area (Å²) >= 11 is 11.8. The molecule has 1 aliphatic rings. The number of ether oxygens (including phenoxy) is 1. The van der Waals surface area contributed by atoms with Gasteiger partial charge in [0.05, 0.1) is 23.9 Å². The van der Waals surface area contributed by atoms with E-state index >= 15 is 0 Å². The molecule has 0 radical (unpaired) electrons. The van der Waals surface area contributed by atoms with Crippen LogP contribution in [0.2, 0.25) is 10.0 Å². The van der Waals surface area contributed by atoms with Gasteiger partial charge in [0.15, 0.2) is 6.10 Å². The number of benzene rings is 1. The molecule has 1 heterocycles. The molecule has 0 saturated carbocycles. The topological polar surface area (TPSA) is 78.9 Å². The van der Waals surface area contributed by atoms with Gasteiger partial charge < -0.3 is 20.1 Å². The zero-order valence-corrected chi connectivity index (χ0v) is 11.8. The third kappa shape index (κ3) is 3.53. The molecule has 0 bridgehead atoms. The molecular formula is C12H12Cl2N2O4. The van der Waals surface area contributed by atoms with Crippen molar-refractivity contribution in [1.29, 1.82) is 0 Å². The van der Waals surface area contributed by atoms with Gasteiger partial charge in [-0.15, -0.1) is 0 Å². The van der Waals surface area contributed by atoms with Gasteiger partial charge >= 0.3 is 12.0 Å². The number of amides is 2. The molecule has 1 saturated heterocycles. The van der Waals surface area contributed by atoms with Crippen LogP contribution in [0.1, 0.15) is 0 Å². The van der Waals surface area contributed by atoms with Crippen molar-refractivity contribution in [3.05, 3.63) is 28.2 Å². The molecule has 20 heavy (non-hydrogen) atoms. The van der Waals surface area contributed by atoms with Crippen LogP contribution in [0.4, 0.5) is 10.5 Å². The molecule has 1 aromatic carbocycles. The van der Waals surface area contributed by atoms with E-state index < -0.39 is 18.1 Å². The maximum Gasteiger partial charge on any atom is 0.334 e. The molecule has 108 valence electrons. The Hall–Kier alpha value is -1.50. The van der Waals surface area contributed by atoms with E-state index in [4.69, 9.17) is 33.0 Å². The number of rotatable bonds is 2. The quantitative estimate of drug-likeness (QED) is 0.877. The van der Waals surface area contributed by atoms with Crippen LogP contribution in [0, 0.1) is 0 Å². The standard InChI is InChI=1S/C12H12Cl2N2O4/c13-7-1-2-8(14)9(5-7)15-12(19)16-3-4-20-10(6-16)11(17)18/h1-2,5,10H,3-4,6H2,(H,15,19)(H,17,18). The summed E-state index contributed by atoms with van der Waals surface area (Å²) in [6, 6.07) is 4.26. The number of nitrogens with one attached hydrogen (secondary N) is 1. The molecule has 0 spiro atoms. The predicted octanol–water partition coefficient (Wildman–Crippen LogP) is 2.31. The predicted molar refractivity (Wildman–Crippen MR) is 74.4 cm³/mol. The molecule has 1 unspecified atom stereocenters. The van der Waals surface area contributed by atoms with Crippen molar-refractivity contribution in [3.63, 3.8) is 0 Å². The fourth-order valence-corrected chi connectivity index (χ4v) is 2.11. The lowest BCUT2D eigenvalue weighted by Gasteiger charge is -2.30. The number of hydrogen-bond donors (Lipinski definition) is 2. The summed E-state index contributed by atoms with van der Waals surface area (Å²) in [5.41, 5.74) is 0.377. The van der Waals surface area contributed by atoms with Crippen LogP contribution in [0.15, 0.2) is 18.2 Å². The van der Waals surface area contributed by atoms with Gasteiger partial charge in [-0.05, 0) is 18.2 Å². The number of halogens is 2. The molecule has 0 aliphatic carbocycles. The average molecular weight is 319 g/mol. The molecule has 6 nitrogen and oxygen atoms in total. The lowest BCUT2D eigenvalue weighted by Crippen LogP contribution is -2.49. The smallest absolute Gasteiger partial charge is 0.334 e. The Morgan fingerprint density at radius 2 is 2.15 bits per heavy atom. The number of hydrogen-bond acceptors (Lipinski definition) is 3. The van der Waals surface area contributed by atoms with Gasteiger partial charge in [-0.3, -0.25) is 0 Å². The molecule has 2 N–H and O–H groups in total. The van der Waals surface area contributed by atoms with Crippen molar-refractivity contribution in [3.8, 4) is 0 Å². The van der Waals surface area contributed by atoms with Crippen LogP contribution >= 0.6 is 23.2 Å². The molecular weight excluding hydrogens is 307 g/mol. The number of morpholine rings is 1. The van der Waals surface area contributed by atoms with Gasteiger partial charge in [-0.2, -0.15) is 0 Å². The Kier molecular flexibility index (Phi) is 4.69. The minimum Gasteiger partial charge on any atom is -0.479 e. The van der Waals surface area contributed by atoms with Crippen molar-refractivity contribution in [2.24, 2.45) is 0 Å². The second-order valence-corrected chi connectivity index (χ2v) is 5.04. The summed E-state index contributed by atoms with van der Waals surface area (Å²) in [5, 5.41) is 12.3. The van der Waals surface area contributed by atoms with Crippen LogP contribution in [0.3, 0.4) is 0 Å². The summed E-state index contributed by atoms with van der Waals surface area (Å²) in [5.74, 6) is -1.09. The normalized spacial score (nSPS) is 18.7. The first-order valence-electron chi connectivity index (χ1n) is 5.83. The van der Waals surface area contributed by atoms with Crippen molar-refractivity contribution in [2.75, 3.05) is 25.0 Å². The third-order valence-corrected chi connectivity index (χ3v) is 3.36. The van der Waals surface area contributed by atoms with Crippen molar-refractivity contribution < 1.29 is 19.4 Å². The van der Waals surface area contributed by atoms with Gasteiger partial charge in [0, 0.05) is 11.6 Å². The Morgan fingerprint density at radius 3 is 2.85 bits per heavy atom. The SMILES string of the molecule is O=C(O)C1CN(C(=O)Nc2cc(Cl)ccc2Cl)CCO1. The molecule has 1 aromatic rings.